The smallest absolute Gasteiger partial charge is 0.334 e. The minimum absolute atomic E-state index is 0.0485. The maximum absolute atomic E-state index is 12.4. The summed E-state index contributed by atoms with van der Waals surface area (Å²) in [6.45, 7) is 0. The molecular formula is C18H13N3O4. The SMILES string of the molecule is O=C(Nc1nccc2ccccc12)C(=Cc1cccc(O)c1)[N+](=O)[O-]. The summed E-state index contributed by atoms with van der Waals surface area (Å²) in [4.78, 5) is 27.0. The quantitative estimate of drug-likeness (QED) is 0.433. The third-order valence-corrected chi connectivity index (χ3v) is 3.51. The Morgan fingerprint density at radius 2 is 1.96 bits per heavy atom. The van der Waals surface area contributed by atoms with Crippen molar-refractivity contribution in [3.63, 3.8) is 0 Å². The second-order valence-corrected chi connectivity index (χ2v) is 5.22. The van der Waals surface area contributed by atoms with Crippen LogP contribution in [-0.4, -0.2) is 20.9 Å². The van der Waals surface area contributed by atoms with Crippen molar-refractivity contribution in [2.75, 3.05) is 5.32 Å². The summed E-state index contributed by atoms with van der Waals surface area (Å²) < 4.78 is 0. The number of aromatic nitrogens is 1. The van der Waals surface area contributed by atoms with E-state index in [-0.39, 0.29) is 11.6 Å². The normalized spacial score (nSPS) is 11.3. The van der Waals surface area contributed by atoms with E-state index in [1.165, 1.54) is 24.4 Å². The molecule has 2 aromatic carbocycles. The molecule has 3 rings (SSSR count). The Kier molecular flexibility index (Phi) is 4.38. The Hall–Kier alpha value is -3.74. The Balaban J connectivity index is 1.95. The standard InChI is InChI=1S/C18H13N3O4/c22-14-6-3-4-12(10-14)11-16(21(24)25)18(23)20-17-15-7-2-1-5-13(15)8-9-19-17/h1-11,22H,(H,19,20,23). The zero-order valence-electron chi connectivity index (χ0n) is 12.9. The molecule has 0 radical (unpaired) electrons. The molecule has 0 spiro atoms. The number of amides is 1. The zero-order valence-corrected chi connectivity index (χ0v) is 12.9. The molecule has 3 aromatic rings. The van der Waals surface area contributed by atoms with E-state index in [9.17, 15) is 20.0 Å². The molecule has 0 aliphatic heterocycles. The first kappa shape index (κ1) is 16.1. The first-order chi connectivity index (χ1) is 12.0. The van der Waals surface area contributed by atoms with Crippen LogP contribution in [0.5, 0.6) is 5.75 Å². The second kappa shape index (κ2) is 6.79. The summed E-state index contributed by atoms with van der Waals surface area (Å²) >= 11 is 0. The Morgan fingerprint density at radius 3 is 2.72 bits per heavy atom. The number of nitrogens with zero attached hydrogens (tertiary/aromatic N) is 2. The highest BCUT2D eigenvalue weighted by atomic mass is 16.6. The van der Waals surface area contributed by atoms with Gasteiger partial charge in [-0.3, -0.25) is 14.9 Å². The van der Waals surface area contributed by atoms with Crippen molar-refractivity contribution in [1.82, 2.24) is 4.98 Å². The first-order valence-corrected chi connectivity index (χ1v) is 7.35. The molecule has 0 aliphatic rings. The molecule has 7 nitrogen and oxygen atoms in total. The van der Waals surface area contributed by atoms with Gasteiger partial charge in [-0.05, 0) is 29.1 Å². The zero-order chi connectivity index (χ0) is 17.8. The predicted molar refractivity (Wildman–Crippen MR) is 93.5 cm³/mol. The van der Waals surface area contributed by atoms with Crippen molar-refractivity contribution in [2.45, 2.75) is 0 Å². The third kappa shape index (κ3) is 3.61. The van der Waals surface area contributed by atoms with Gasteiger partial charge < -0.3 is 10.4 Å². The van der Waals surface area contributed by atoms with Gasteiger partial charge in [-0.2, -0.15) is 0 Å². The number of hydrogen-bond donors (Lipinski definition) is 2. The predicted octanol–water partition coefficient (Wildman–Crippen LogP) is 3.20. The van der Waals surface area contributed by atoms with Gasteiger partial charge in [0, 0.05) is 17.7 Å². The summed E-state index contributed by atoms with van der Waals surface area (Å²) in [5.41, 5.74) is -0.312. The van der Waals surface area contributed by atoms with Gasteiger partial charge in [0.15, 0.2) is 0 Å². The highest BCUT2D eigenvalue weighted by Crippen LogP contribution is 2.21. The highest BCUT2D eigenvalue weighted by molar-refractivity contribution is 6.08. The van der Waals surface area contributed by atoms with Crippen LogP contribution >= 0.6 is 0 Å². The van der Waals surface area contributed by atoms with Crippen molar-refractivity contribution in [3.8, 4) is 5.75 Å². The van der Waals surface area contributed by atoms with E-state index < -0.39 is 16.5 Å². The largest absolute Gasteiger partial charge is 0.508 e. The van der Waals surface area contributed by atoms with E-state index in [1.54, 1.807) is 24.3 Å². The fraction of sp³-hybridized carbons (Fsp3) is 0. The van der Waals surface area contributed by atoms with Crippen molar-refractivity contribution < 1.29 is 14.8 Å². The number of nitrogens with one attached hydrogen (secondary N) is 1. The fourth-order valence-electron chi connectivity index (χ4n) is 2.36. The van der Waals surface area contributed by atoms with Crippen molar-refractivity contribution in [1.29, 1.82) is 0 Å². The van der Waals surface area contributed by atoms with Gasteiger partial charge in [-0.15, -0.1) is 0 Å². The number of pyridine rings is 1. The van der Waals surface area contributed by atoms with E-state index in [4.69, 9.17) is 0 Å². The molecule has 0 fully saturated rings. The van der Waals surface area contributed by atoms with Gasteiger partial charge in [0.2, 0.25) is 0 Å². The molecule has 1 heterocycles. The molecular weight excluding hydrogens is 322 g/mol. The van der Waals surface area contributed by atoms with Gasteiger partial charge in [0.1, 0.15) is 11.6 Å². The third-order valence-electron chi connectivity index (χ3n) is 3.51. The van der Waals surface area contributed by atoms with Gasteiger partial charge >= 0.3 is 11.6 Å². The molecule has 0 atom stereocenters. The van der Waals surface area contributed by atoms with E-state index in [1.807, 2.05) is 12.1 Å². The molecule has 0 aliphatic carbocycles. The number of phenolic OH excluding ortho intramolecular Hbond substituents is 1. The Labute approximate surface area is 142 Å². The van der Waals surface area contributed by atoms with Crippen LogP contribution in [0.3, 0.4) is 0 Å². The summed E-state index contributed by atoms with van der Waals surface area (Å²) in [7, 11) is 0. The first-order valence-electron chi connectivity index (χ1n) is 7.35. The summed E-state index contributed by atoms with van der Waals surface area (Å²) in [6, 6.07) is 14.9. The molecule has 7 heteroatoms. The number of nitro groups is 1. The summed E-state index contributed by atoms with van der Waals surface area (Å²) in [6.07, 6.45) is 2.61. The van der Waals surface area contributed by atoms with Crippen molar-refractivity contribution in [3.05, 3.63) is 82.2 Å². The maximum Gasteiger partial charge on any atom is 0.334 e. The van der Waals surface area contributed by atoms with E-state index in [0.717, 1.165) is 11.5 Å². The second-order valence-electron chi connectivity index (χ2n) is 5.22. The van der Waals surface area contributed by atoms with E-state index in [0.29, 0.717) is 10.9 Å². The number of fused-ring (bicyclic) bond motifs is 1. The highest BCUT2D eigenvalue weighted by Gasteiger charge is 2.23. The average Bonchev–Trinajstić information content (AvgIpc) is 2.60. The number of aromatic hydroxyl groups is 1. The number of benzene rings is 2. The number of carbonyl (C=O) groups is 1. The molecule has 0 saturated heterocycles. The van der Waals surface area contributed by atoms with Gasteiger partial charge in [-0.25, -0.2) is 4.98 Å². The number of phenols is 1. The van der Waals surface area contributed by atoms with Crippen LogP contribution in [-0.2, 0) is 4.79 Å². The molecule has 2 N–H and O–H groups in total. The Bertz CT molecular complexity index is 993. The minimum Gasteiger partial charge on any atom is -0.508 e. The monoisotopic (exact) mass is 335 g/mol. The van der Waals surface area contributed by atoms with Gasteiger partial charge in [0.05, 0.1) is 4.92 Å². The van der Waals surface area contributed by atoms with Crippen LogP contribution in [0.4, 0.5) is 5.82 Å². The van der Waals surface area contributed by atoms with E-state index >= 15 is 0 Å². The van der Waals surface area contributed by atoms with Crippen LogP contribution in [0.25, 0.3) is 16.8 Å². The molecule has 1 amide bonds. The molecule has 124 valence electrons. The number of carbonyl (C=O) groups excluding carboxylic acids is 1. The minimum atomic E-state index is -0.891. The van der Waals surface area contributed by atoms with Crippen LogP contribution < -0.4 is 5.32 Å². The summed E-state index contributed by atoms with van der Waals surface area (Å²) in [5.74, 6) is -0.698. The molecule has 0 saturated carbocycles. The number of hydrogen-bond acceptors (Lipinski definition) is 5. The lowest BCUT2D eigenvalue weighted by Crippen LogP contribution is -2.20. The summed E-state index contributed by atoms with van der Waals surface area (Å²) in [5, 5.41) is 24.7. The van der Waals surface area contributed by atoms with Crippen LogP contribution in [0.2, 0.25) is 0 Å². The molecule has 0 unspecified atom stereocenters. The van der Waals surface area contributed by atoms with Crippen molar-refractivity contribution >= 4 is 28.6 Å². The number of rotatable bonds is 4. The van der Waals surface area contributed by atoms with Crippen molar-refractivity contribution in [2.24, 2.45) is 0 Å². The molecule has 1 aromatic heterocycles. The van der Waals surface area contributed by atoms with Gasteiger partial charge in [-0.1, -0.05) is 36.4 Å². The Morgan fingerprint density at radius 1 is 1.16 bits per heavy atom. The molecule has 25 heavy (non-hydrogen) atoms. The lowest BCUT2D eigenvalue weighted by atomic mass is 10.1. The van der Waals surface area contributed by atoms with Gasteiger partial charge in [0.25, 0.3) is 0 Å². The van der Waals surface area contributed by atoms with Crippen LogP contribution in [0.1, 0.15) is 5.56 Å². The lowest BCUT2D eigenvalue weighted by molar-refractivity contribution is -0.416. The topological polar surface area (TPSA) is 105 Å². The number of anilines is 1. The van der Waals surface area contributed by atoms with Crippen LogP contribution in [0.15, 0.2) is 66.5 Å². The fourth-order valence-corrected chi connectivity index (χ4v) is 2.36. The van der Waals surface area contributed by atoms with E-state index in [2.05, 4.69) is 10.3 Å². The van der Waals surface area contributed by atoms with Crippen LogP contribution in [0, 0.1) is 10.1 Å². The lowest BCUT2D eigenvalue weighted by Gasteiger charge is -2.06. The maximum atomic E-state index is 12.4. The molecule has 0 bridgehead atoms. The average molecular weight is 335 g/mol.